The molecule has 2 heterocycles. The molecule has 0 bridgehead atoms. The van der Waals surface area contributed by atoms with Crippen molar-refractivity contribution in [1.29, 1.82) is 10.5 Å². The lowest BCUT2D eigenvalue weighted by molar-refractivity contribution is -0.114. The molecule has 1 aliphatic heterocycles. The maximum atomic E-state index is 12.8. The van der Waals surface area contributed by atoms with Gasteiger partial charge in [0.05, 0.1) is 17.7 Å². The molecule has 0 unspecified atom stereocenters. The second-order valence-electron chi connectivity index (χ2n) is 6.36. The fourth-order valence-electron chi connectivity index (χ4n) is 2.97. The maximum absolute atomic E-state index is 12.8. The van der Waals surface area contributed by atoms with E-state index >= 15 is 0 Å². The number of benzene rings is 1. The molecule has 0 spiro atoms. The van der Waals surface area contributed by atoms with E-state index in [1.54, 1.807) is 32.0 Å². The molecule has 0 radical (unpaired) electrons. The average Bonchev–Trinajstić information content (AvgIpc) is 3.06. The lowest BCUT2D eigenvalue weighted by atomic mass is 10.0. The third kappa shape index (κ3) is 4.35. The van der Waals surface area contributed by atoms with Crippen LogP contribution in [0.1, 0.15) is 38.2 Å². The van der Waals surface area contributed by atoms with E-state index in [-0.39, 0.29) is 24.2 Å². The number of esters is 1. The van der Waals surface area contributed by atoms with Gasteiger partial charge >= 0.3 is 5.97 Å². The SMILES string of the molecule is CCOC(=O)c1sc(CC(=O)/C(C#N)=C/c2ccc3c(c2)OCCO3)c(C#N)c1C. The number of ketones is 1. The summed E-state index contributed by atoms with van der Waals surface area (Å²) in [5.41, 5.74) is 1.32. The summed E-state index contributed by atoms with van der Waals surface area (Å²) < 4.78 is 16.0. The predicted octanol–water partition coefficient (Wildman–Crippen LogP) is 3.59. The van der Waals surface area contributed by atoms with E-state index < -0.39 is 11.8 Å². The van der Waals surface area contributed by atoms with Crippen LogP contribution in [0.4, 0.5) is 0 Å². The third-order valence-corrected chi connectivity index (χ3v) is 5.68. The lowest BCUT2D eigenvalue weighted by Gasteiger charge is -2.18. The van der Waals surface area contributed by atoms with Gasteiger partial charge in [0.25, 0.3) is 0 Å². The monoisotopic (exact) mass is 422 g/mol. The van der Waals surface area contributed by atoms with Crippen LogP contribution in [0.2, 0.25) is 0 Å². The number of hydrogen-bond donors (Lipinski definition) is 0. The van der Waals surface area contributed by atoms with E-state index in [4.69, 9.17) is 14.2 Å². The Kier molecular flexibility index (Phi) is 6.51. The minimum Gasteiger partial charge on any atom is -0.486 e. The minimum atomic E-state index is -0.525. The smallest absolute Gasteiger partial charge is 0.348 e. The summed E-state index contributed by atoms with van der Waals surface area (Å²) in [5.74, 6) is 0.199. The average molecular weight is 422 g/mol. The number of Topliss-reactive ketones (excluding diaryl/α,β-unsaturated/α-hetero) is 1. The summed E-state index contributed by atoms with van der Waals surface area (Å²) in [6.07, 6.45) is 1.32. The van der Waals surface area contributed by atoms with Crippen LogP contribution in [0.5, 0.6) is 11.5 Å². The minimum absolute atomic E-state index is 0.0562. The van der Waals surface area contributed by atoms with Crippen molar-refractivity contribution in [2.45, 2.75) is 20.3 Å². The van der Waals surface area contributed by atoms with Crippen LogP contribution < -0.4 is 9.47 Å². The van der Waals surface area contributed by atoms with E-state index in [1.165, 1.54) is 6.08 Å². The number of fused-ring (bicyclic) bond motifs is 1. The fourth-order valence-corrected chi connectivity index (χ4v) is 4.12. The van der Waals surface area contributed by atoms with Gasteiger partial charge in [0.2, 0.25) is 0 Å². The van der Waals surface area contributed by atoms with E-state index in [1.807, 2.05) is 12.1 Å². The topological polar surface area (TPSA) is 109 Å². The highest BCUT2D eigenvalue weighted by molar-refractivity contribution is 7.14. The van der Waals surface area contributed by atoms with Crippen LogP contribution in [0.25, 0.3) is 6.08 Å². The molecule has 0 N–H and O–H groups in total. The lowest BCUT2D eigenvalue weighted by Crippen LogP contribution is -2.15. The highest BCUT2D eigenvalue weighted by atomic mass is 32.1. The first-order valence-corrected chi connectivity index (χ1v) is 10.0. The molecular formula is C22H18N2O5S. The summed E-state index contributed by atoms with van der Waals surface area (Å²) in [4.78, 5) is 25.6. The molecule has 1 aliphatic rings. The molecule has 30 heavy (non-hydrogen) atoms. The van der Waals surface area contributed by atoms with E-state index in [0.29, 0.717) is 45.6 Å². The standard InChI is InChI=1S/C22H18N2O5S/c1-3-27-22(26)21-13(2)16(12-24)20(30-21)10-17(25)15(11-23)8-14-4-5-18-19(9-14)29-7-6-28-18/h4-5,8-9H,3,6-7,10H2,1-2H3/b15-8+. The number of nitrogens with zero attached hydrogens (tertiary/aromatic N) is 2. The Balaban J connectivity index is 1.86. The van der Waals surface area contributed by atoms with Gasteiger partial charge in [-0.25, -0.2) is 4.79 Å². The third-order valence-electron chi connectivity index (χ3n) is 4.41. The van der Waals surface area contributed by atoms with Gasteiger partial charge < -0.3 is 14.2 Å². The van der Waals surface area contributed by atoms with Crippen molar-refractivity contribution in [3.05, 3.63) is 50.2 Å². The van der Waals surface area contributed by atoms with Gasteiger partial charge in [0.1, 0.15) is 30.2 Å². The molecule has 1 aromatic carbocycles. The molecule has 0 aliphatic carbocycles. The van der Waals surface area contributed by atoms with Gasteiger partial charge in [-0.3, -0.25) is 4.79 Å². The summed E-state index contributed by atoms with van der Waals surface area (Å²) in [5, 5.41) is 19.0. The van der Waals surface area contributed by atoms with Crippen LogP contribution in [0.15, 0.2) is 23.8 Å². The number of ether oxygens (including phenoxy) is 3. The highest BCUT2D eigenvalue weighted by Gasteiger charge is 2.23. The van der Waals surface area contributed by atoms with Crippen LogP contribution >= 0.6 is 11.3 Å². The Morgan fingerprint density at radius 1 is 1.23 bits per heavy atom. The number of carbonyl (C=O) groups excluding carboxylic acids is 2. The molecule has 152 valence electrons. The second-order valence-corrected chi connectivity index (χ2v) is 7.46. The molecule has 0 fully saturated rings. The van der Waals surface area contributed by atoms with Crippen molar-refractivity contribution in [3.63, 3.8) is 0 Å². The normalized spacial score (nSPS) is 12.6. The molecule has 0 atom stereocenters. The van der Waals surface area contributed by atoms with Gasteiger partial charge in [0, 0.05) is 11.3 Å². The predicted molar refractivity (Wildman–Crippen MR) is 109 cm³/mol. The first-order valence-electron chi connectivity index (χ1n) is 9.22. The highest BCUT2D eigenvalue weighted by Crippen LogP contribution is 2.32. The van der Waals surface area contributed by atoms with Crippen molar-refractivity contribution in [2.75, 3.05) is 19.8 Å². The zero-order valence-electron chi connectivity index (χ0n) is 16.5. The molecule has 2 aromatic rings. The molecule has 8 heteroatoms. The van der Waals surface area contributed by atoms with Gasteiger partial charge in [-0.05, 0) is 43.2 Å². The number of carbonyl (C=O) groups is 2. The van der Waals surface area contributed by atoms with Crippen molar-refractivity contribution in [1.82, 2.24) is 0 Å². The second kappa shape index (κ2) is 9.25. The van der Waals surface area contributed by atoms with Crippen molar-refractivity contribution in [3.8, 4) is 23.6 Å². The quantitative estimate of drug-likeness (QED) is 0.397. The largest absolute Gasteiger partial charge is 0.486 e. The Bertz CT molecular complexity index is 1120. The summed E-state index contributed by atoms with van der Waals surface area (Å²) in [7, 11) is 0. The van der Waals surface area contributed by atoms with E-state index in [9.17, 15) is 20.1 Å². The molecule has 0 amide bonds. The molecule has 0 saturated heterocycles. The van der Waals surface area contributed by atoms with E-state index in [0.717, 1.165) is 11.3 Å². The first kappa shape index (κ1) is 21.1. The van der Waals surface area contributed by atoms with Crippen LogP contribution in [-0.2, 0) is 16.0 Å². The summed E-state index contributed by atoms with van der Waals surface area (Å²) >= 11 is 1.05. The fraction of sp³-hybridized carbons (Fsp3) is 0.273. The molecule has 0 saturated carbocycles. The molecular weight excluding hydrogens is 404 g/mol. The van der Waals surface area contributed by atoms with Gasteiger partial charge in [0.15, 0.2) is 17.3 Å². The Labute approximate surface area is 177 Å². The zero-order chi connectivity index (χ0) is 21.7. The number of allylic oxidation sites excluding steroid dienone is 1. The Hall–Kier alpha value is -3.62. The van der Waals surface area contributed by atoms with Gasteiger partial charge in [-0.1, -0.05) is 6.07 Å². The van der Waals surface area contributed by atoms with Crippen LogP contribution in [0.3, 0.4) is 0 Å². The zero-order valence-corrected chi connectivity index (χ0v) is 17.3. The summed E-state index contributed by atoms with van der Waals surface area (Å²) in [6, 6.07) is 9.12. The van der Waals surface area contributed by atoms with Gasteiger partial charge in [-0.15, -0.1) is 11.3 Å². The van der Waals surface area contributed by atoms with Crippen molar-refractivity contribution in [2.24, 2.45) is 0 Å². The van der Waals surface area contributed by atoms with Crippen molar-refractivity contribution >= 4 is 29.2 Å². The number of thiophene rings is 1. The first-order chi connectivity index (χ1) is 14.5. The molecule has 3 rings (SSSR count). The van der Waals surface area contributed by atoms with Crippen LogP contribution in [0, 0.1) is 29.6 Å². The summed E-state index contributed by atoms with van der Waals surface area (Å²) in [6.45, 7) is 4.45. The number of nitriles is 2. The van der Waals surface area contributed by atoms with Crippen LogP contribution in [-0.4, -0.2) is 31.6 Å². The molecule has 1 aromatic heterocycles. The Morgan fingerprint density at radius 2 is 1.97 bits per heavy atom. The number of rotatable bonds is 6. The van der Waals surface area contributed by atoms with E-state index in [2.05, 4.69) is 0 Å². The van der Waals surface area contributed by atoms with Crippen molar-refractivity contribution < 1.29 is 23.8 Å². The Morgan fingerprint density at radius 3 is 2.63 bits per heavy atom. The van der Waals surface area contributed by atoms with Gasteiger partial charge in [-0.2, -0.15) is 10.5 Å². The number of hydrogen-bond acceptors (Lipinski definition) is 8. The molecule has 7 nitrogen and oxygen atoms in total. The maximum Gasteiger partial charge on any atom is 0.348 e.